The Morgan fingerprint density at radius 1 is 1.21 bits per heavy atom. The molecule has 1 atom stereocenters. The topological polar surface area (TPSA) is 48.5 Å². The molecule has 2 heterocycles. The molecule has 0 aromatic carbocycles. The van der Waals surface area contributed by atoms with Crippen LogP contribution in [0.4, 0.5) is 23.8 Å². The summed E-state index contributed by atoms with van der Waals surface area (Å²) in [4.78, 5) is 20.1. The average molecular weight is 413 g/mol. The zero-order chi connectivity index (χ0) is 21.2. The van der Waals surface area contributed by atoms with Crippen LogP contribution in [0.25, 0.3) is 0 Å². The maximum absolute atomic E-state index is 13.3. The first-order chi connectivity index (χ1) is 13.7. The van der Waals surface area contributed by atoms with E-state index in [1.165, 1.54) is 12.3 Å². The molecule has 2 amide bonds. The number of piperazine rings is 1. The molecule has 2 fully saturated rings. The van der Waals surface area contributed by atoms with Crippen molar-refractivity contribution in [3.05, 3.63) is 23.9 Å². The van der Waals surface area contributed by atoms with Crippen LogP contribution in [0.2, 0.25) is 0 Å². The number of hydrogen-bond acceptors (Lipinski definition) is 3. The van der Waals surface area contributed by atoms with Gasteiger partial charge in [0.25, 0.3) is 0 Å². The van der Waals surface area contributed by atoms with Crippen molar-refractivity contribution < 1.29 is 18.0 Å². The highest BCUT2D eigenvalue weighted by Gasteiger charge is 2.38. The van der Waals surface area contributed by atoms with Crippen molar-refractivity contribution in [2.75, 3.05) is 24.5 Å². The fraction of sp³-hybridized carbons (Fsp3) is 0.714. The number of hydrogen-bond donors (Lipinski definition) is 1. The number of nitrogens with one attached hydrogen (secondary N) is 1. The second-order valence-corrected chi connectivity index (χ2v) is 8.67. The fourth-order valence-corrected chi connectivity index (χ4v) is 4.51. The molecule has 3 rings (SSSR count). The Morgan fingerprint density at radius 2 is 1.90 bits per heavy atom. The number of carbonyl (C=O) groups excluding carboxylic acids is 1. The van der Waals surface area contributed by atoms with Crippen LogP contribution in [-0.2, 0) is 6.18 Å². The molecule has 1 saturated carbocycles. The molecule has 29 heavy (non-hydrogen) atoms. The number of halogens is 3. The van der Waals surface area contributed by atoms with Crippen molar-refractivity contribution in [1.29, 1.82) is 0 Å². The number of nitrogens with zero attached hydrogens (tertiary/aromatic N) is 3. The van der Waals surface area contributed by atoms with E-state index in [1.54, 1.807) is 9.80 Å². The van der Waals surface area contributed by atoms with Crippen LogP contribution in [0.15, 0.2) is 18.3 Å². The number of urea groups is 1. The van der Waals surface area contributed by atoms with Crippen LogP contribution in [0.1, 0.15) is 52.0 Å². The van der Waals surface area contributed by atoms with Gasteiger partial charge < -0.3 is 15.1 Å². The van der Waals surface area contributed by atoms with Gasteiger partial charge in [-0.3, -0.25) is 0 Å². The Labute approximate surface area is 170 Å². The number of rotatable bonds is 3. The lowest BCUT2D eigenvalue weighted by atomic mass is 9.80. The first kappa shape index (κ1) is 21.7. The predicted octanol–water partition coefficient (Wildman–Crippen LogP) is 4.54. The first-order valence-electron chi connectivity index (χ1n) is 10.5. The van der Waals surface area contributed by atoms with Crippen LogP contribution in [0.3, 0.4) is 0 Å². The molecule has 1 aliphatic carbocycles. The molecule has 8 heteroatoms. The quantitative estimate of drug-likeness (QED) is 0.793. The predicted molar refractivity (Wildman–Crippen MR) is 107 cm³/mol. The molecular formula is C21H31F3N4O. The highest BCUT2D eigenvalue weighted by atomic mass is 19.4. The largest absolute Gasteiger partial charge is 0.419 e. The maximum Gasteiger partial charge on any atom is 0.419 e. The molecule has 1 aromatic rings. The van der Waals surface area contributed by atoms with Crippen molar-refractivity contribution >= 4 is 11.8 Å². The van der Waals surface area contributed by atoms with Crippen LogP contribution in [-0.4, -0.2) is 47.6 Å². The van der Waals surface area contributed by atoms with Gasteiger partial charge in [0.2, 0.25) is 0 Å². The van der Waals surface area contributed by atoms with Gasteiger partial charge in [0.1, 0.15) is 5.82 Å². The van der Waals surface area contributed by atoms with Gasteiger partial charge in [-0.2, -0.15) is 13.2 Å². The number of carbonyl (C=O) groups is 1. The monoisotopic (exact) mass is 412 g/mol. The molecule has 1 unspecified atom stereocenters. The van der Waals surface area contributed by atoms with Gasteiger partial charge in [-0.25, -0.2) is 9.78 Å². The molecule has 1 aromatic heterocycles. The molecule has 1 N–H and O–H groups in total. The molecule has 5 nitrogen and oxygen atoms in total. The van der Waals surface area contributed by atoms with Gasteiger partial charge >= 0.3 is 12.2 Å². The summed E-state index contributed by atoms with van der Waals surface area (Å²) in [5.41, 5.74) is -0.730. The van der Waals surface area contributed by atoms with E-state index in [1.807, 2.05) is 6.92 Å². The maximum atomic E-state index is 13.3. The molecule has 1 aliphatic heterocycles. The highest BCUT2D eigenvalue weighted by Crippen LogP contribution is 2.36. The van der Waals surface area contributed by atoms with Gasteiger partial charge in [-0.1, -0.05) is 13.8 Å². The molecule has 2 aliphatic rings. The van der Waals surface area contributed by atoms with Crippen LogP contribution in [0, 0.1) is 11.8 Å². The normalized spacial score (nSPS) is 26.0. The number of amides is 2. The van der Waals surface area contributed by atoms with Gasteiger partial charge in [-0.15, -0.1) is 0 Å². The van der Waals surface area contributed by atoms with E-state index in [-0.39, 0.29) is 23.9 Å². The SMILES string of the molecule is CC(C)C1CCC(NC(=O)N2CCN(c3ncccc3C(F)(F)F)CC2C)CC1. The van der Waals surface area contributed by atoms with Gasteiger partial charge in [0, 0.05) is 37.9 Å². The smallest absolute Gasteiger partial charge is 0.352 e. The van der Waals surface area contributed by atoms with E-state index < -0.39 is 11.7 Å². The third kappa shape index (κ3) is 5.14. The van der Waals surface area contributed by atoms with Crippen molar-refractivity contribution in [1.82, 2.24) is 15.2 Å². The highest BCUT2D eigenvalue weighted by molar-refractivity contribution is 5.75. The minimum Gasteiger partial charge on any atom is -0.352 e. The summed E-state index contributed by atoms with van der Waals surface area (Å²) < 4.78 is 39.9. The van der Waals surface area contributed by atoms with E-state index in [0.29, 0.717) is 25.6 Å². The number of pyridine rings is 1. The number of anilines is 1. The van der Waals surface area contributed by atoms with E-state index in [4.69, 9.17) is 0 Å². The summed E-state index contributed by atoms with van der Waals surface area (Å²) in [6, 6.07) is 2.24. The van der Waals surface area contributed by atoms with Crippen molar-refractivity contribution in [3.63, 3.8) is 0 Å². The Balaban J connectivity index is 1.58. The van der Waals surface area contributed by atoms with Crippen molar-refractivity contribution in [2.45, 2.75) is 64.7 Å². The Kier molecular flexibility index (Phi) is 6.58. The lowest BCUT2D eigenvalue weighted by Crippen LogP contribution is -2.58. The molecule has 1 saturated heterocycles. The summed E-state index contributed by atoms with van der Waals surface area (Å²) in [6.07, 6.45) is 1.17. The third-order valence-electron chi connectivity index (χ3n) is 6.32. The van der Waals surface area contributed by atoms with Gasteiger partial charge in [0.15, 0.2) is 0 Å². The van der Waals surface area contributed by atoms with E-state index in [2.05, 4.69) is 24.1 Å². The standard InChI is InChI=1S/C21H31F3N4O/c1-14(2)16-6-8-17(9-7-16)26-20(29)28-12-11-27(13-15(28)3)19-18(21(22,23)24)5-4-10-25-19/h4-5,10,14-17H,6-9,11-13H2,1-3H3,(H,26,29). The van der Waals surface area contributed by atoms with E-state index in [9.17, 15) is 18.0 Å². The molecule has 0 radical (unpaired) electrons. The second kappa shape index (κ2) is 8.79. The van der Waals surface area contributed by atoms with Gasteiger partial charge in [-0.05, 0) is 56.6 Å². The average Bonchev–Trinajstić information content (AvgIpc) is 2.67. The lowest BCUT2D eigenvalue weighted by molar-refractivity contribution is -0.137. The molecular weight excluding hydrogens is 381 g/mol. The van der Waals surface area contributed by atoms with Crippen molar-refractivity contribution in [2.24, 2.45) is 11.8 Å². The minimum absolute atomic E-state index is 0.0566. The molecule has 0 bridgehead atoms. The molecule has 0 spiro atoms. The zero-order valence-electron chi connectivity index (χ0n) is 17.4. The summed E-state index contributed by atoms with van der Waals surface area (Å²) in [5, 5.41) is 3.14. The Hall–Kier alpha value is -1.99. The second-order valence-electron chi connectivity index (χ2n) is 8.67. The van der Waals surface area contributed by atoms with Crippen LogP contribution < -0.4 is 10.2 Å². The first-order valence-corrected chi connectivity index (χ1v) is 10.5. The zero-order valence-corrected chi connectivity index (χ0v) is 17.4. The van der Waals surface area contributed by atoms with E-state index >= 15 is 0 Å². The Bertz CT molecular complexity index is 701. The van der Waals surface area contributed by atoms with Crippen molar-refractivity contribution in [3.8, 4) is 0 Å². The minimum atomic E-state index is -4.45. The van der Waals surface area contributed by atoms with Gasteiger partial charge in [0.05, 0.1) is 5.56 Å². The lowest BCUT2D eigenvalue weighted by Gasteiger charge is -2.42. The Morgan fingerprint density at radius 3 is 2.48 bits per heavy atom. The number of aromatic nitrogens is 1. The van der Waals surface area contributed by atoms with Crippen LogP contribution in [0.5, 0.6) is 0 Å². The summed E-state index contributed by atoms with van der Waals surface area (Å²) >= 11 is 0. The number of alkyl halides is 3. The summed E-state index contributed by atoms with van der Waals surface area (Å²) in [7, 11) is 0. The fourth-order valence-electron chi connectivity index (χ4n) is 4.51. The van der Waals surface area contributed by atoms with Crippen LogP contribution >= 0.6 is 0 Å². The van der Waals surface area contributed by atoms with E-state index in [0.717, 1.165) is 37.7 Å². The molecule has 162 valence electrons. The summed E-state index contributed by atoms with van der Waals surface area (Å²) in [6.45, 7) is 7.40. The third-order valence-corrected chi connectivity index (χ3v) is 6.32. The summed E-state index contributed by atoms with van der Waals surface area (Å²) in [5.74, 6) is 1.35.